The van der Waals surface area contributed by atoms with Gasteiger partial charge in [0.2, 0.25) is 5.91 Å². The molecule has 1 aromatic rings. The van der Waals surface area contributed by atoms with Crippen molar-refractivity contribution in [2.75, 3.05) is 32.8 Å². The molecule has 0 radical (unpaired) electrons. The van der Waals surface area contributed by atoms with E-state index in [1.807, 2.05) is 35.8 Å². The summed E-state index contributed by atoms with van der Waals surface area (Å²) < 4.78 is 5.72. The fourth-order valence-electron chi connectivity index (χ4n) is 4.36. The minimum absolute atomic E-state index is 0.00530. The first kappa shape index (κ1) is 20.7. The minimum Gasteiger partial charge on any atom is -0.484 e. The van der Waals surface area contributed by atoms with E-state index in [4.69, 9.17) is 4.74 Å². The second-order valence-corrected chi connectivity index (χ2v) is 8.36. The molecule has 1 aromatic carbocycles. The molecule has 0 bridgehead atoms. The molecule has 2 aliphatic rings. The Morgan fingerprint density at radius 2 is 1.61 bits per heavy atom. The molecule has 0 atom stereocenters. The number of rotatable bonds is 6. The van der Waals surface area contributed by atoms with Crippen LogP contribution in [-0.2, 0) is 9.59 Å². The van der Waals surface area contributed by atoms with Crippen molar-refractivity contribution in [3.63, 3.8) is 0 Å². The Balaban J connectivity index is 1.37. The van der Waals surface area contributed by atoms with Gasteiger partial charge in [0.25, 0.3) is 5.91 Å². The Hall–Kier alpha value is -2.04. The van der Waals surface area contributed by atoms with E-state index in [0.29, 0.717) is 32.6 Å². The van der Waals surface area contributed by atoms with Crippen LogP contribution in [0.5, 0.6) is 5.75 Å². The normalized spacial score (nSPS) is 18.2. The summed E-state index contributed by atoms with van der Waals surface area (Å²) in [6.45, 7) is 6.56. The van der Waals surface area contributed by atoms with Crippen molar-refractivity contribution in [2.24, 2.45) is 5.92 Å². The van der Waals surface area contributed by atoms with E-state index in [0.717, 1.165) is 23.7 Å². The van der Waals surface area contributed by atoms with Gasteiger partial charge in [-0.25, -0.2) is 0 Å². The number of hydrogen-bond acceptors (Lipinski definition) is 3. The van der Waals surface area contributed by atoms with Crippen LogP contribution in [0.3, 0.4) is 0 Å². The molecule has 1 saturated heterocycles. The standard InChI is InChI=1S/C23H34N2O3/c1-18-8-10-21(19(2)16-18)28-17-23(27)25-14-12-24(13-15-25)22(26)11-9-20-6-4-3-5-7-20/h8,10,16,20H,3-7,9,11-15,17H2,1-2H3. The van der Waals surface area contributed by atoms with E-state index in [9.17, 15) is 9.59 Å². The monoisotopic (exact) mass is 386 g/mol. The van der Waals surface area contributed by atoms with E-state index >= 15 is 0 Å². The highest BCUT2D eigenvalue weighted by Crippen LogP contribution is 2.27. The van der Waals surface area contributed by atoms with E-state index in [-0.39, 0.29) is 18.4 Å². The fraction of sp³-hybridized carbons (Fsp3) is 0.652. The molecule has 2 fully saturated rings. The third-order valence-corrected chi connectivity index (χ3v) is 6.16. The van der Waals surface area contributed by atoms with Crippen LogP contribution in [0.15, 0.2) is 18.2 Å². The van der Waals surface area contributed by atoms with Crippen LogP contribution in [0.25, 0.3) is 0 Å². The number of ether oxygens (including phenoxy) is 1. The summed E-state index contributed by atoms with van der Waals surface area (Å²) in [5, 5.41) is 0. The highest BCUT2D eigenvalue weighted by atomic mass is 16.5. The van der Waals surface area contributed by atoms with Gasteiger partial charge in [-0.15, -0.1) is 0 Å². The summed E-state index contributed by atoms with van der Waals surface area (Å²) in [6, 6.07) is 5.96. The van der Waals surface area contributed by atoms with E-state index in [1.54, 1.807) is 0 Å². The zero-order valence-electron chi connectivity index (χ0n) is 17.4. The van der Waals surface area contributed by atoms with Crippen molar-refractivity contribution in [1.82, 2.24) is 9.80 Å². The molecule has 2 amide bonds. The Morgan fingerprint density at radius 1 is 0.964 bits per heavy atom. The zero-order valence-corrected chi connectivity index (χ0v) is 17.4. The predicted octanol–water partition coefficient (Wildman–Crippen LogP) is 3.71. The Bertz CT molecular complexity index is 674. The zero-order chi connectivity index (χ0) is 19.9. The Morgan fingerprint density at radius 3 is 2.25 bits per heavy atom. The van der Waals surface area contributed by atoms with Crippen LogP contribution in [0, 0.1) is 19.8 Å². The number of nitrogens with zero attached hydrogens (tertiary/aromatic N) is 2. The highest BCUT2D eigenvalue weighted by molar-refractivity contribution is 5.79. The summed E-state index contributed by atoms with van der Waals surface area (Å²) in [7, 11) is 0. The Kier molecular flexibility index (Phi) is 7.35. The minimum atomic E-state index is -0.00530. The molecule has 3 rings (SSSR count). The van der Waals surface area contributed by atoms with Crippen LogP contribution < -0.4 is 4.74 Å². The van der Waals surface area contributed by atoms with Gasteiger partial charge < -0.3 is 14.5 Å². The maximum atomic E-state index is 12.5. The van der Waals surface area contributed by atoms with Crippen LogP contribution in [0.2, 0.25) is 0 Å². The SMILES string of the molecule is Cc1ccc(OCC(=O)N2CCN(C(=O)CCC3CCCCC3)CC2)c(C)c1. The topological polar surface area (TPSA) is 49.9 Å². The predicted molar refractivity (Wildman–Crippen MR) is 110 cm³/mol. The van der Waals surface area contributed by atoms with Crippen molar-refractivity contribution in [2.45, 2.75) is 58.8 Å². The van der Waals surface area contributed by atoms with Gasteiger partial charge in [-0.3, -0.25) is 9.59 Å². The molecule has 1 aliphatic heterocycles. The van der Waals surface area contributed by atoms with Gasteiger partial charge in [-0.1, -0.05) is 49.8 Å². The quantitative estimate of drug-likeness (QED) is 0.749. The Labute approximate surface area is 169 Å². The highest BCUT2D eigenvalue weighted by Gasteiger charge is 2.25. The molecule has 0 N–H and O–H groups in total. The molecule has 1 saturated carbocycles. The summed E-state index contributed by atoms with van der Waals surface area (Å²) in [6.07, 6.45) is 8.27. The molecule has 5 heteroatoms. The van der Waals surface area contributed by atoms with E-state index in [1.165, 1.54) is 37.7 Å². The molecule has 28 heavy (non-hydrogen) atoms. The lowest BCUT2D eigenvalue weighted by molar-refractivity contribution is -0.140. The molecule has 0 spiro atoms. The molecule has 0 unspecified atom stereocenters. The lowest BCUT2D eigenvalue weighted by Gasteiger charge is -2.35. The summed E-state index contributed by atoms with van der Waals surface area (Å²) >= 11 is 0. The molecular weight excluding hydrogens is 352 g/mol. The number of piperazine rings is 1. The van der Waals surface area contributed by atoms with Crippen LogP contribution >= 0.6 is 0 Å². The van der Waals surface area contributed by atoms with Gasteiger partial charge in [0.1, 0.15) is 5.75 Å². The second-order valence-electron chi connectivity index (χ2n) is 8.36. The van der Waals surface area contributed by atoms with Crippen LogP contribution in [-0.4, -0.2) is 54.4 Å². The number of carbonyl (C=O) groups is 2. The second kappa shape index (κ2) is 9.94. The number of hydrogen-bond donors (Lipinski definition) is 0. The number of amides is 2. The van der Waals surface area contributed by atoms with Crippen molar-refractivity contribution >= 4 is 11.8 Å². The summed E-state index contributed by atoms with van der Waals surface area (Å²) in [5.74, 6) is 1.75. The molecular formula is C23H34N2O3. The van der Waals surface area contributed by atoms with E-state index in [2.05, 4.69) is 6.07 Å². The lowest BCUT2D eigenvalue weighted by Crippen LogP contribution is -2.51. The average molecular weight is 387 g/mol. The number of benzene rings is 1. The van der Waals surface area contributed by atoms with Gasteiger partial charge in [0, 0.05) is 32.6 Å². The van der Waals surface area contributed by atoms with Gasteiger partial charge in [0.05, 0.1) is 0 Å². The third-order valence-electron chi connectivity index (χ3n) is 6.16. The smallest absolute Gasteiger partial charge is 0.260 e. The number of carbonyl (C=O) groups excluding carboxylic acids is 2. The largest absolute Gasteiger partial charge is 0.484 e. The van der Waals surface area contributed by atoms with Crippen LogP contribution in [0.1, 0.15) is 56.1 Å². The molecule has 5 nitrogen and oxygen atoms in total. The first-order valence-corrected chi connectivity index (χ1v) is 10.8. The van der Waals surface area contributed by atoms with Gasteiger partial charge in [0.15, 0.2) is 6.61 Å². The van der Waals surface area contributed by atoms with Crippen molar-refractivity contribution in [3.8, 4) is 5.75 Å². The van der Waals surface area contributed by atoms with Crippen molar-refractivity contribution in [1.29, 1.82) is 0 Å². The third kappa shape index (κ3) is 5.73. The average Bonchev–Trinajstić information content (AvgIpc) is 2.72. The van der Waals surface area contributed by atoms with Crippen LogP contribution in [0.4, 0.5) is 0 Å². The first-order chi connectivity index (χ1) is 13.5. The number of aryl methyl sites for hydroxylation is 2. The fourth-order valence-corrected chi connectivity index (χ4v) is 4.36. The summed E-state index contributed by atoms with van der Waals surface area (Å²) in [4.78, 5) is 28.7. The van der Waals surface area contributed by atoms with Gasteiger partial charge in [-0.2, -0.15) is 0 Å². The van der Waals surface area contributed by atoms with Gasteiger partial charge >= 0.3 is 0 Å². The maximum absolute atomic E-state index is 12.5. The summed E-state index contributed by atoms with van der Waals surface area (Å²) in [5.41, 5.74) is 2.22. The van der Waals surface area contributed by atoms with Crippen molar-refractivity contribution in [3.05, 3.63) is 29.3 Å². The lowest BCUT2D eigenvalue weighted by atomic mass is 9.86. The molecule has 0 aromatic heterocycles. The molecule has 1 heterocycles. The molecule has 154 valence electrons. The van der Waals surface area contributed by atoms with Gasteiger partial charge in [-0.05, 0) is 37.8 Å². The molecule has 1 aliphatic carbocycles. The van der Waals surface area contributed by atoms with Crippen molar-refractivity contribution < 1.29 is 14.3 Å². The first-order valence-electron chi connectivity index (χ1n) is 10.8. The van der Waals surface area contributed by atoms with E-state index < -0.39 is 0 Å². The maximum Gasteiger partial charge on any atom is 0.260 e.